The highest BCUT2D eigenvalue weighted by atomic mass is 16.6. The summed E-state index contributed by atoms with van der Waals surface area (Å²) >= 11 is 0. The molecule has 0 aliphatic heterocycles. The molecule has 0 spiro atoms. The third-order valence-electron chi connectivity index (χ3n) is 5.43. The quantitative estimate of drug-likeness (QED) is 0.313. The van der Waals surface area contributed by atoms with Crippen molar-refractivity contribution in [2.45, 2.75) is 97.2 Å². The molecule has 0 aliphatic rings. The summed E-state index contributed by atoms with van der Waals surface area (Å²) in [5.74, 6) is -1.62. The van der Waals surface area contributed by atoms with Crippen LogP contribution in [0.3, 0.4) is 0 Å². The lowest BCUT2D eigenvalue weighted by atomic mass is 10.0. The summed E-state index contributed by atoms with van der Waals surface area (Å²) in [6.45, 7) is 9.99. The van der Waals surface area contributed by atoms with Gasteiger partial charge in [0.05, 0.1) is 6.42 Å². The number of nitrogens with two attached hydrogens (primary N) is 1. The minimum atomic E-state index is -1.27. The van der Waals surface area contributed by atoms with Gasteiger partial charge in [-0.3, -0.25) is 14.4 Å². The number of benzene rings is 1. The molecule has 9 nitrogen and oxygen atoms in total. The number of hydrogen-bond donors (Lipinski definition) is 3. The number of rotatable bonds is 15. The van der Waals surface area contributed by atoms with Gasteiger partial charge < -0.3 is 26.0 Å². The van der Waals surface area contributed by atoms with E-state index in [2.05, 4.69) is 17.6 Å². The van der Waals surface area contributed by atoms with Crippen molar-refractivity contribution in [2.75, 3.05) is 13.1 Å². The highest BCUT2D eigenvalue weighted by Crippen LogP contribution is 2.24. The van der Waals surface area contributed by atoms with Gasteiger partial charge in [0.25, 0.3) is 0 Å². The van der Waals surface area contributed by atoms with Crippen LogP contribution in [-0.4, -0.2) is 53.4 Å². The average Bonchev–Trinajstić information content (AvgIpc) is 2.79. The number of alkyl carbamates (subject to hydrolysis) is 1. The van der Waals surface area contributed by atoms with Crippen molar-refractivity contribution in [1.82, 2.24) is 15.5 Å². The average molecular weight is 505 g/mol. The zero-order valence-electron chi connectivity index (χ0n) is 22.5. The molecule has 1 aromatic carbocycles. The fraction of sp³-hybridized carbons (Fsp3) is 0.630. The number of carbonyl (C=O) groups excluding carboxylic acids is 4. The van der Waals surface area contributed by atoms with Gasteiger partial charge in [-0.05, 0) is 39.2 Å². The zero-order valence-corrected chi connectivity index (χ0v) is 22.5. The number of ether oxygens (including phenoxy) is 1. The van der Waals surface area contributed by atoms with E-state index in [0.717, 1.165) is 32.1 Å². The molecule has 1 aromatic rings. The number of nitrogens with one attached hydrogen (secondary N) is 2. The molecule has 2 atom stereocenters. The lowest BCUT2D eigenvalue weighted by molar-refractivity contribution is -0.143. The van der Waals surface area contributed by atoms with E-state index < -0.39 is 42.0 Å². The van der Waals surface area contributed by atoms with Crippen LogP contribution in [-0.2, 0) is 19.1 Å². The van der Waals surface area contributed by atoms with Crippen molar-refractivity contribution >= 4 is 23.8 Å². The molecule has 0 saturated carbocycles. The summed E-state index contributed by atoms with van der Waals surface area (Å²) in [4.78, 5) is 53.0. The SMILES string of the molecule is CCCCCNC(=O)C(c1ccccc1)N(CCCCC)C(=O)C(CC(N)=O)NC(=O)OC(C)(C)C. The first-order valence-electron chi connectivity index (χ1n) is 12.9. The Kier molecular flexibility index (Phi) is 13.6. The van der Waals surface area contributed by atoms with Gasteiger partial charge in [0, 0.05) is 13.1 Å². The lowest BCUT2D eigenvalue weighted by Gasteiger charge is -2.34. The lowest BCUT2D eigenvalue weighted by Crippen LogP contribution is -2.54. The first kappa shape index (κ1) is 30.9. The second kappa shape index (κ2) is 15.8. The van der Waals surface area contributed by atoms with Crippen LogP contribution < -0.4 is 16.4 Å². The van der Waals surface area contributed by atoms with Crippen molar-refractivity contribution in [3.63, 3.8) is 0 Å². The maximum Gasteiger partial charge on any atom is 0.408 e. The minimum absolute atomic E-state index is 0.278. The molecule has 4 amide bonds. The summed E-state index contributed by atoms with van der Waals surface area (Å²) in [5, 5.41) is 5.45. The Morgan fingerprint density at radius 3 is 2.14 bits per heavy atom. The van der Waals surface area contributed by atoms with E-state index in [1.165, 1.54) is 4.90 Å². The smallest absolute Gasteiger partial charge is 0.408 e. The molecule has 4 N–H and O–H groups in total. The molecule has 0 saturated heterocycles. The number of unbranched alkanes of at least 4 members (excludes halogenated alkanes) is 4. The maximum atomic E-state index is 13.8. The molecule has 0 aromatic heterocycles. The van der Waals surface area contributed by atoms with E-state index >= 15 is 0 Å². The van der Waals surface area contributed by atoms with E-state index in [4.69, 9.17) is 10.5 Å². The molecule has 36 heavy (non-hydrogen) atoms. The van der Waals surface area contributed by atoms with Crippen LogP contribution in [0.2, 0.25) is 0 Å². The fourth-order valence-electron chi connectivity index (χ4n) is 3.74. The second-order valence-electron chi connectivity index (χ2n) is 9.92. The summed E-state index contributed by atoms with van der Waals surface area (Å²) in [6.07, 6.45) is 4.01. The number of primary amides is 1. The minimum Gasteiger partial charge on any atom is -0.444 e. The van der Waals surface area contributed by atoms with E-state index in [1.54, 1.807) is 45.0 Å². The Bertz CT molecular complexity index is 838. The van der Waals surface area contributed by atoms with E-state index in [-0.39, 0.29) is 12.5 Å². The van der Waals surface area contributed by atoms with Gasteiger partial charge in [0.1, 0.15) is 17.7 Å². The van der Waals surface area contributed by atoms with Crippen LogP contribution in [0.4, 0.5) is 4.79 Å². The largest absolute Gasteiger partial charge is 0.444 e. The highest BCUT2D eigenvalue weighted by Gasteiger charge is 2.36. The second-order valence-corrected chi connectivity index (χ2v) is 9.92. The topological polar surface area (TPSA) is 131 Å². The first-order chi connectivity index (χ1) is 17.0. The third kappa shape index (κ3) is 11.6. The summed E-state index contributed by atoms with van der Waals surface area (Å²) in [6, 6.07) is 6.85. The van der Waals surface area contributed by atoms with Crippen molar-refractivity contribution < 1.29 is 23.9 Å². The Morgan fingerprint density at radius 2 is 1.58 bits per heavy atom. The Hall–Kier alpha value is -3.10. The number of carbonyl (C=O) groups is 4. The zero-order chi connectivity index (χ0) is 27.1. The van der Waals surface area contributed by atoms with Crippen LogP contribution in [0, 0.1) is 0 Å². The molecular formula is C27H44N4O5. The predicted octanol–water partition coefficient (Wildman–Crippen LogP) is 3.82. The van der Waals surface area contributed by atoms with Crippen molar-refractivity contribution in [3.05, 3.63) is 35.9 Å². The van der Waals surface area contributed by atoms with Gasteiger partial charge in [0.15, 0.2) is 0 Å². The molecule has 0 aliphatic carbocycles. The highest BCUT2D eigenvalue weighted by molar-refractivity contribution is 5.94. The number of nitrogens with zero attached hydrogens (tertiary/aromatic N) is 1. The molecule has 9 heteroatoms. The van der Waals surface area contributed by atoms with E-state index in [1.807, 2.05) is 13.0 Å². The molecule has 0 bridgehead atoms. The summed E-state index contributed by atoms with van der Waals surface area (Å²) < 4.78 is 5.29. The van der Waals surface area contributed by atoms with Crippen LogP contribution in [0.1, 0.15) is 91.2 Å². The molecule has 2 unspecified atom stereocenters. The summed E-state index contributed by atoms with van der Waals surface area (Å²) in [7, 11) is 0. The maximum absolute atomic E-state index is 13.8. The molecule has 1 rings (SSSR count). The standard InChI is InChI=1S/C27H44N4O5/c1-6-8-13-17-29-24(33)23(20-15-11-10-12-16-20)31(18-14-9-7-2)25(34)21(19-22(28)32)30-26(35)36-27(3,4)5/h10-12,15-16,21,23H,6-9,13-14,17-19H2,1-5H3,(H2,28,32)(H,29,33)(H,30,35). The molecule has 202 valence electrons. The van der Waals surface area contributed by atoms with Crippen LogP contribution in [0.15, 0.2) is 30.3 Å². The predicted molar refractivity (Wildman–Crippen MR) is 140 cm³/mol. The molecule has 0 radical (unpaired) electrons. The van der Waals surface area contributed by atoms with Gasteiger partial charge in [-0.1, -0.05) is 69.9 Å². The van der Waals surface area contributed by atoms with Gasteiger partial charge in [0.2, 0.25) is 17.7 Å². The van der Waals surface area contributed by atoms with Crippen molar-refractivity contribution in [1.29, 1.82) is 0 Å². The van der Waals surface area contributed by atoms with Gasteiger partial charge in [-0.25, -0.2) is 4.79 Å². The van der Waals surface area contributed by atoms with Gasteiger partial charge >= 0.3 is 6.09 Å². The third-order valence-corrected chi connectivity index (χ3v) is 5.43. The van der Waals surface area contributed by atoms with Crippen molar-refractivity contribution in [2.24, 2.45) is 5.73 Å². The van der Waals surface area contributed by atoms with E-state index in [9.17, 15) is 19.2 Å². The number of amides is 4. The first-order valence-corrected chi connectivity index (χ1v) is 12.9. The van der Waals surface area contributed by atoms with Gasteiger partial charge in [-0.15, -0.1) is 0 Å². The van der Waals surface area contributed by atoms with Crippen LogP contribution >= 0.6 is 0 Å². The summed E-state index contributed by atoms with van der Waals surface area (Å²) in [5.41, 5.74) is 5.26. The Labute approximate surface area is 215 Å². The normalized spacial score (nSPS) is 12.8. The Morgan fingerprint density at radius 1 is 0.972 bits per heavy atom. The monoisotopic (exact) mass is 504 g/mol. The Balaban J connectivity index is 3.35. The fourth-order valence-corrected chi connectivity index (χ4v) is 3.74. The van der Waals surface area contributed by atoms with Crippen LogP contribution in [0.25, 0.3) is 0 Å². The van der Waals surface area contributed by atoms with Gasteiger partial charge in [-0.2, -0.15) is 0 Å². The number of hydrogen-bond acceptors (Lipinski definition) is 5. The van der Waals surface area contributed by atoms with E-state index in [0.29, 0.717) is 18.5 Å². The molecular weight excluding hydrogens is 460 g/mol. The van der Waals surface area contributed by atoms with Crippen molar-refractivity contribution in [3.8, 4) is 0 Å². The molecule has 0 fully saturated rings. The molecule has 0 heterocycles. The van der Waals surface area contributed by atoms with Crippen LogP contribution in [0.5, 0.6) is 0 Å².